The summed E-state index contributed by atoms with van der Waals surface area (Å²) in [5, 5.41) is 19.5. The Morgan fingerprint density at radius 3 is 2.48 bits per heavy atom. The standard InChI is InChI=1S/C17H15N3O/c18-11-17(12-21,10-13-6-2-1-3-7-13)16-19-14-8-4-5-9-15(14)20-16/h1-9,21H,10,12H2,(H,19,20)/t17-/m1/s1. The normalized spacial score (nSPS) is 13.7. The maximum Gasteiger partial charge on any atom is 0.142 e. The summed E-state index contributed by atoms with van der Waals surface area (Å²) in [7, 11) is 0. The molecule has 2 aromatic carbocycles. The van der Waals surface area contributed by atoms with Crippen LogP contribution < -0.4 is 0 Å². The van der Waals surface area contributed by atoms with Gasteiger partial charge in [-0.3, -0.25) is 0 Å². The van der Waals surface area contributed by atoms with Crippen LogP contribution >= 0.6 is 0 Å². The van der Waals surface area contributed by atoms with Gasteiger partial charge < -0.3 is 10.1 Å². The van der Waals surface area contributed by atoms with Crippen molar-refractivity contribution in [1.29, 1.82) is 5.26 Å². The Hall–Kier alpha value is -2.64. The number of hydrogen-bond acceptors (Lipinski definition) is 3. The van der Waals surface area contributed by atoms with Crippen LogP contribution in [0.3, 0.4) is 0 Å². The van der Waals surface area contributed by atoms with Crippen LogP contribution in [0.2, 0.25) is 0 Å². The zero-order chi connectivity index (χ0) is 14.7. The quantitative estimate of drug-likeness (QED) is 0.769. The largest absolute Gasteiger partial charge is 0.394 e. The third-order valence-electron chi connectivity index (χ3n) is 3.68. The van der Waals surface area contributed by atoms with Gasteiger partial charge in [0.05, 0.1) is 23.7 Å². The van der Waals surface area contributed by atoms with Gasteiger partial charge in [-0.15, -0.1) is 0 Å². The third kappa shape index (κ3) is 2.39. The highest BCUT2D eigenvalue weighted by atomic mass is 16.3. The number of rotatable bonds is 4. The molecule has 21 heavy (non-hydrogen) atoms. The summed E-state index contributed by atoms with van der Waals surface area (Å²) in [4.78, 5) is 7.65. The van der Waals surface area contributed by atoms with Gasteiger partial charge in [0.25, 0.3) is 0 Å². The molecule has 4 nitrogen and oxygen atoms in total. The number of nitrogens with zero attached hydrogens (tertiary/aromatic N) is 2. The first-order valence-electron chi connectivity index (χ1n) is 6.79. The first-order chi connectivity index (χ1) is 10.3. The zero-order valence-corrected chi connectivity index (χ0v) is 11.5. The summed E-state index contributed by atoms with van der Waals surface area (Å²) >= 11 is 0. The summed E-state index contributed by atoms with van der Waals surface area (Å²) < 4.78 is 0. The number of H-pyrrole nitrogens is 1. The van der Waals surface area contributed by atoms with Crippen LogP contribution in [-0.4, -0.2) is 21.7 Å². The van der Waals surface area contributed by atoms with Gasteiger partial charge in [-0.05, 0) is 17.7 Å². The number of imidazole rings is 1. The Morgan fingerprint density at radius 2 is 1.81 bits per heavy atom. The molecule has 0 bridgehead atoms. The molecule has 1 heterocycles. The maximum atomic E-state index is 9.83. The molecule has 0 aliphatic carbocycles. The van der Waals surface area contributed by atoms with Crippen molar-refractivity contribution >= 4 is 11.0 Å². The second kappa shape index (κ2) is 5.39. The minimum Gasteiger partial charge on any atom is -0.394 e. The second-order valence-electron chi connectivity index (χ2n) is 5.12. The van der Waals surface area contributed by atoms with E-state index in [4.69, 9.17) is 0 Å². The number of para-hydroxylation sites is 2. The molecular weight excluding hydrogens is 262 g/mol. The average molecular weight is 277 g/mol. The van der Waals surface area contributed by atoms with Crippen molar-refractivity contribution in [1.82, 2.24) is 9.97 Å². The molecule has 0 saturated heterocycles. The van der Waals surface area contributed by atoms with Crippen LogP contribution in [0.25, 0.3) is 11.0 Å². The summed E-state index contributed by atoms with van der Waals surface area (Å²) in [6, 6.07) is 19.5. The molecule has 2 N–H and O–H groups in total. The molecule has 1 aromatic heterocycles. The number of nitrogens with one attached hydrogen (secondary N) is 1. The highest BCUT2D eigenvalue weighted by molar-refractivity contribution is 5.75. The summed E-state index contributed by atoms with van der Waals surface area (Å²) in [5.74, 6) is 0.512. The van der Waals surface area contributed by atoms with Gasteiger partial charge in [-0.2, -0.15) is 5.26 Å². The Kier molecular flexibility index (Phi) is 3.43. The zero-order valence-electron chi connectivity index (χ0n) is 11.5. The van der Waals surface area contributed by atoms with Crippen molar-refractivity contribution in [2.75, 3.05) is 6.61 Å². The highest BCUT2D eigenvalue weighted by Crippen LogP contribution is 2.27. The molecule has 3 rings (SSSR count). The predicted octanol–water partition coefficient (Wildman–Crippen LogP) is 2.56. The number of fused-ring (bicyclic) bond motifs is 1. The van der Waals surface area contributed by atoms with Gasteiger partial charge in [0, 0.05) is 6.42 Å². The van der Waals surface area contributed by atoms with E-state index in [0.29, 0.717) is 12.2 Å². The van der Waals surface area contributed by atoms with Crippen LogP contribution in [0.1, 0.15) is 11.4 Å². The smallest absolute Gasteiger partial charge is 0.142 e. The lowest BCUT2D eigenvalue weighted by molar-refractivity contribution is 0.223. The number of aliphatic hydroxyl groups is 1. The van der Waals surface area contributed by atoms with Crippen LogP contribution in [0.4, 0.5) is 0 Å². The van der Waals surface area contributed by atoms with Gasteiger partial charge in [0.2, 0.25) is 0 Å². The Bertz CT molecular complexity index is 755. The van der Waals surface area contributed by atoms with Crippen molar-refractivity contribution in [2.24, 2.45) is 0 Å². The van der Waals surface area contributed by atoms with Crippen LogP contribution in [-0.2, 0) is 11.8 Å². The molecule has 0 aliphatic heterocycles. The monoisotopic (exact) mass is 277 g/mol. The number of aliphatic hydroxyl groups excluding tert-OH is 1. The first-order valence-corrected chi connectivity index (χ1v) is 6.79. The predicted molar refractivity (Wildman–Crippen MR) is 80.6 cm³/mol. The molecule has 1 atom stereocenters. The van der Waals surface area contributed by atoms with E-state index in [9.17, 15) is 10.4 Å². The molecule has 0 aliphatic rings. The summed E-state index contributed by atoms with van der Waals surface area (Å²) in [6.45, 7) is -0.280. The van der Waals surface area contributed by atoms with Gasteiger partial charge in [0.1, 0.15) is 11.2 Å². The van der Waals surface area contributed by atoms with Gasteiger partial charge in [0.15, 0.2) is 0 Å². The molecule has 3 aromatic rings. The Balaban J connectivity index is 2.06. The molecule has 4 heteroatoms. The lowest BCUT2D eigenvalue weighted by Crippen LogP contribution is -2.33. The average Bonchev–Trinajstić information content (AvgIpc) is 2.98. The molecule has 104 valence electrons. The Morgan fingerprint density at radius 1 is 1.10 bits per heavy atom. The van der Waals surface area contributed by atoms with Crippen LogP contribution in [0, 0.1) is 11.3 Å². The van der Waals surface area contributed by atoms with E-state index in [0.717, 1.165) is 16.6 Å². The number of aromatic nitrogens is 2. The van der Waals surface area contributed by atoms with Crippen molar-refractivity contribution in [2.45, 2.75) is 11.8 Å². The van der Waals surface area contributed by atoms with E-state index >= 15 is 0 Å². The molecule has 0 radical (unpaired) electrons. The van der Waals surface area contributed by atoms with E-state index in [-0.39, 0.29) is 6.61 Å². The van der Waals surface area contributed by atoms with Crippen LogP contribution in [0.5, 0.6) is 0 Å². The minimum atomic E-state index is -1.06. The number of benzene rings is 2. The highest BCUT2D eigenvalue weighted by Gasteiger charge is 2.35. The topological polar surface area (TPSA) is 72.7 Å². The number of hydrogen-bond donors (Lipinski definition) is 2. The van der Waals surface area contributed by atoms with E-state index in [1.807, 2.05) is 54.6 Å². The van der Waals surface area contributed by atoms with E-state index in [1.165, 1.54) is 0 Å². The molecule has 0 unspecified atom stereocenters. The third-order valence-corrected chi connectivity index (χ3v) is 3.68. The number of aromatic amines is 1. The van der Waals surface area contributed by atoms with E-state index in [1.54, 1.807) is 0 Å². The van der Waals surface area contributed by atoms with Gasteiger partial charge in [-0.25, -0.2) is 4.98 Å². The first kappa shape index (κ1) is 13.3. The molecular formula is C17H15N3O. The fourth-order valence-corrected chi connectivity index (χ4v) is 2.47. The fraction of sp³-hybridized carbons (Fsp3) is 0.176. The molecule has 0 fully saturated rings. The van der Waals surface area contributed by atoms with Crippen molar-refractivity contribution < 1.29 is 5.11 Å². The van der Waals surface area contributed by atoms with Crippen LogP contribution in [0.15, 0.2) is 54.6 Å². The SMILES string of the molecule is N#C[C@@](CO)(Cc1ccccc1)c1nc2ccccc2[nH]1. The van der Waals surface area contributed by atoms with Gasteiger partial charge >= 0.3 is 0 Å². The van der Waals surface area contributed by atoms with E-state index < -0.39 is 5.41 Å². The lowest BCUT2D eigenvalue weighted by Gasteiger charge is -2.21. The Labute approximate surface area is 122 Å². The minimum absolute atomic E-state index is 0.280. The van der Waals surface area contributed by atoms with E-state index in [2.05, 4.69) is 16.0 Å². The fourth-order valence-electron chi connectivity index (χ4n) is 2.47. The number of nitriles is 1. The lowest BCUT2D eigenvalue weighted by atomic mass is 9.83. The molecule has 0 amide bonds. The van der Waals surface area contributed by atoms with Crippen molar-refractivity contribution in [3.8, 4) is 6.07 Å². The molecule has 0 saturated carbocycles. The van der Waals surface area contributed by atoms with Crippen molar-refractivity contribution in [3.05, 3.63) is 66.0 Å². The van der Waals surface area contributed by atoms with Crippen molar-refractivity contribution in [3.63, 3.8) is 0 Å². The maximum absolute atomic E-state index is 9.83. The second-order valence-corrected chi connectivity index (χ2v) is 5.12. The summed E-state index contributed by atoms with van der Waals surface area (Å²) in [6.07, 6.45) is 0.417. The summed E-state index contributed by atoms with van der Waals surface area (Å²) in [5.41, 5.74) is 1.61. The molecule has 0 spiro atoms. The van der Waals surface area contributed by atoms with Gasteiger partial charge in [-0.1, -0.05) is 42.5 Å².